The molecular formula is C12H13Br2N3O2. The van der Waals surface area contributed by atoms with E-state index in [9.17, 15) is 5.11 Å². The summed E-state index contributed by atoms with van der Waals surface area (Å²) in [6, 6.07) is 3.70. The van der Waals surface area contributed by atoms with Crippen LogP contribution in [0, 0.1) is 11.3 Å². The fourth-order valence-corrected chi connectivity index (χ4v) is 2.09. The van der Waals surface area contributed by atoms with Crippen LogP contribution in [0.15, 0.2) is 20.1 Å². The van der Waals surface area contributed by atoms with Gasteiger partial charge in [-0.3, -0.25) is 0 Å². The zero-order valence-corrected chi connectivity index (χ0v) is 13.5. The zero-order chi connectivity index (χ0) is 14.3. The number of benzene rings is 1. The van der Waals surface area contributed by atoms with Gasteiger partial charge in [-0.2, -0.15) is 10.4 Å². The SMILES string of the molecule is CCOc1cc(C=NNCCC#N)c(Br)c(Br)c1O. The first-order valence-electron chi connectivity index (χ1n) is 5.58. The summed E-state index contributed by atoms with van der Waals surface area (Å²) in [6.45, 7) is 2.79. The van der Waals surface area contributed by atoms with Crippen molar-refractivity contribution in [2.45, 2.75) is 13.3 Å². The Balaban J connectivity index is 2.91. The number of aromatic hydroxyl groups is 1. The van der Waals surface area contributed by atoms with Crippen molar-refractivity contribution in [1.29, 1.82) is 5.26 Å². The van der Waals surface area contributed by atoms with Gasteiger partial charge in [-0.05, 0) is 44.8 Å². The highest BCUT2D eigenvalue weighted by molar-refractivity contribution is 9.13. The summed E-state index contributed by atoms with van der Waals surface area (Å²) in [6.07, 6.45) is 1.98. The Morgan fingerprint density at radius 3 is 2.89 bits per heavy atom. The van der Waals surface area contributed by atoms with Crippen LogP contribution in [0.1, 0.15) is 18.9 Å². The molecule has 0 unspecified atom stereocenters. The van der Waals surface area contributed by atoms with E-state index in [1.165, 1.54) is 0 Å². The van der Waals surface area contributed by atoms with Gasteiger partial charge in [0, 0.05) is 16.6 Å². The lowest BCUT2D eigenvalue weighted by molar-refractivity contribution is 0.317. The van der Waals surface area contributed by atoms with Crippen molar-refractivity contribution in [2.75, 3.05) is 13.2 Å². The minimum absolute atomic E-state index is 0.0447. The summed E-state index contributed by atoms with van der Waals surface area (Å²) in [5.74, 6) is 0.430. The van der Waals surface area contributed by atoms with Gasteiger partial charge in [0.05, 0.1) is 29.8 Å². The van der Waals surface area contributed by atoms with E-state index < -0.39 is 0 Å². The maximum Gasteiger partial charge on any atom is 0.173 e. The third kappa shape index (κ3) is 4.40. The van der Waals surface area contributed by atoms with Crippen LogP contribution in [0.4, 0.5) is 0 Å². The van der Waals surface area contributed by atoms with Gasteiger partial charge in [0.2, 0.25) is 0 Å². The lowest BCUT2D eigenvalue weighted by atomic mass is 10.2. The first kappa shape index (κ1) is 15.8. The number of hydrazone groups is 1. The fourth-order valence-electron chi connectivity index (χ4n) is 1.26. The molecule has 1 rings (SSSR count). The minimum Gasteiger partial charge on any atom is -0.503 e. The van der Waals surface area contributed by atoms with Gasteiger partial charge in [-0.15, -0.1) is 0 Å². The predicted octanol–water partition coefficient (Wildman–Crippen LogP) is 3.15. The molecule has 1 aromatic rings. The lowest BCUT2D eigenvalue weighted by Crippen LogP contribution is -2.07. The molecule has 102 valence electrons. The monoisotopic (exact) mass is 389 g/mol. The number of hydrogen-bond acceptors (Lipinski definition) is 5. The molecule has 0 bridgehead atoms. The van der Waals surface area contributed by atoms with Gasteiger partial charge in [-0.1, -0.05) is 0 Å². The van der Waals surface area contributed by atoms with Gasteiger partial charge >= 0.3 is 0 Å². The largest absolute Gasteiger partial charge is 0.503 e. The van der Waals surface area contributed by atoms with Crippen molar-refractivity contribution < 1.29 is 9.84 Å². The Labute approximate surface area is 128 Å². The molecule has 0 aliphatic rings. The van der Waals surface area contributed by atoms with Crippen molar-refractivity contribution in [3.8, 4) is 17.6 Å². The molecule has 0 aromatic heterocycles. The van der Waals surface area contributed by atoms with Gasteiger partial charge in [-0.25, -0.2) is 0 Å². The van der Waals surface area contributed by atoms with E-state index in [4.69, 9.17) is 10.00 Å². The van der Waals surface area contributed by atoms with Crippen molar-refractivity contribution >= 4 is 38.1 Å². The summed E-state index contributed by atoms with van der Waals surface area (Å²) in [4.78, 5) is 0. The Bertz CT molecular complexity index is 513. The number of halogens is 2. The Hall–Kier alpha value is -1.26. The molecule has 0 amide bonds. The van der Waals surface area contributed by atoms with Crippen LogP contribution < -0.4 is 10.2 Å². The normalized spacial score (nSPS) is 10.4. The Morgan fingerprint density at radius 1 is 1.53 bits per heavy atom. The van der Waals surface area contributed by atoms with E-state index in [-0.39, 0.29) is 5.75 Å². The van der Waals surface area contributed by atoms with Crippen molar-refractivity contribution in [3.05, 3.63) is 20.6 Å². The van der Waals surface area contributed by atoms with Crippen LogP contribution in [-0.4, -0.2) is 24.5 Å². The second-order valence-corrected chi connectivity index (χ2v) is 5.03. The number of hydrogen-bond donors (Lipinski definition) is 2. The molecule has 1 aromatic carbocycles. The van der Waals surface area contributed by atoms with E-state index in [0.717, 1.165) is 5.56 Å². The van der Waals surface area contributed by atoms with Crippen LogP contribution in [0.2, 0.25) is 0 Å². The number of ether oxygens (including phenoxy) is 1. The lowest BCUT2D eigenvalue weighted by Gasteiger charge is -2.10. The quantitative estimate of drug-likeness (QED) is 0.444. The number of phenolic OH excluding ortho intramolecular Hbond substituents is 1. The Kier molecular flexibility index (Phi) is 6.67. The molecule has 0 aliphatic heterocycles. The van der Waals surface area contributed by atoms with E-state index in [2.05, 4.69) is 42.4 Å². The van der Waals surface area contributed by atoms with Crippen LogP contribution in [0.5, 0.6) is 11.5 Å². The maximum atomic E-state index is 9.88. The second-order valence-electron chi connectivity index (χ2n) is 3.45. The van der Waals surface area contributed by atoms with Crippen LogP contribution >= 0.6 is 31.9 Å². The van der Waals surface area contributed by atoms with Gasteiger partial charge < -0.3 is 15.3 Å². The summed E-state index contributed by atoms with van der Waals surface area (Å²) in [5, 5.41) is 22.3. The van der Waals surface area contributed by atoms with E-state index >= 15 is 0 Å². The summed E-state index contributed by atoms with van der Waals surface area (Å²) in [5.41, 5.74) is 3.50. The second kappa shape index (κ2) is 8.02. The topological polar surface area (TPSA) is 77.6 Å². The molecule has 0 atom stereocenters. The van der Waals surface area contributed by atoms with Crippen LogP contribution in [-0.2, 0) is 0 Å². The Morgan fingerprint density at radius 2 is 2.26 bits per heavy atom. The number of nitriles is 1. The van der Waals surface area contributed by atoms with Crippen LogP contribution in [0.25, 0.3) is 0 Å². The van der Waals surface area contributed by atoms with E-state index in [1.807, 2.05) is 13.0 Å². The summed E-state index contributed by atoms with van der Waals surface area (Å²) < 4.78 is 6.52. The molecule has 0 spiro atoms. The number of nitrogens with zero attached hydrogens (tertiary/aromatic N) is 2. The summed E-state index contributed by atoms with van der Waals surface area (Å²) in [7, 11) is 0. The molecule has 0 radical (unpaired) electrons. The molecule has 0 saturated heterocycles. The first-order chi connectivity index (χ1) is 9.11. The average Bonchev–Trinajstić information content (AvgIpc) is 2.41. The average molecular weight is 391 g/mol. The van der Waals surface area contributed by atoms with Gasteiger partial charge in [0.25, 0.3) is 0 Å². The standard InChI is InChI=1S/C12H13Br2N3O2/c1-2-19-9-6-8(7-17-16-5-3-4-15)10(13)11(14)12(9)18/h6-7,16,18H,2-3,5H2,1H3. The third-order valence-corrected chi connectivity index (χ3v) is 4.28. The predicted molar refractivity (Wildman–Crippen MR) is 80.5 cm³/mol. The van der Waals surface area contributed by atoms with E-state index in [1.54, 1.807) is 12.3 Å². The van der Waals surface area contributed by atoms with Crippen molar-refractivity contribution in [3.63, 3.8) is 0 Å². The van der Waals surface area contributed by atoms with Crippen molar-refractivity contribution in [2.24, 2.45) is 5.10 Å². The molecule has 0 fully saturated rings. The first-order valence-corrected chi connectivity index (χ1v) is 7.17. The minimum atomic E-state index is 0.0447. The molecule has 0 aliphatic carbocycles. The number of phenols is 1. The molecule has 5 nitrogen and oxygen atoms in total. The highest BCUT2D eigenvalue weighted by Crippen LogP contribution is 2.41. The fraction of sp³-hybridized carbons (Fsp3) is 0.333. The third-order valence-electron chi connectivity index (χ3n) is 2.12. The number of nitrogens with one attached hydrogen (secondary N) is 1. The molecular weight excluding hydrogens is 378 g/mol. The van der Waals surface area contributed by atoms with Crippen LogP contribution in [0.3, 0.4) is 0 Å². The van der Waals surface area contributed by atoms with E-state index in [0.29, 0.717) is 34.3 Å². The smallest absolute Gasteiger partial charge is 0.173 e. The number of rotatable bonds is 6. The zero-order valence-electron chi connectivity index (χ0n) is 10.3. The molecule has 7 heteroatoms. The van der Waals surface area contributed by atoms with Crippen molar-refractivity contribution in [1.82, 2.24) is 5.43 Å². The molecule has 0 saturated carbocycles. The highest BCUT2D eigenvalue weighted by atomic mass is 79.9. The van der Waals surface area contributed by atoms with Gasteiger partial charge in [0.15, 0.2) is 11.5 Å². The molecule has 2 N–H and O–H groups in total. The molecule has 19 heavy (non-hydrogen) atoms. The highest BCUT2D eigenvalue weighted by Gasteiger charge is 2.14. The van der Waals surface area contributed by atoms with Gasteiger partial charge in [0.1, 0.15) is 0 Å². The summed E-state index contributed by atoms with van der Waals surface area (Å²) >= 11 is 6.65. The maximum absolute atomic E-state index is 9.88. The molecule has 0 heterocycles.